The summed E-state index contributed by atoms with van der Waals surface area (Å²) in [5.74, 6) is 0.712. The van der Waals surface area contributed by atoms with Crippen molar-refractivity contribution in [2.24, 2.45) is 0 Å². The molecule has 0 heterocycles. The van der Waals surface area contributed by atoms with Crippen molar-refractivity contribution in [3.8, 4) is 17.2 Å². The molecule has 0 aliphatic heterocycles. The minimum atomic E-state index is -0.616. The zero-order valence-electron chi connectivity index (χ0n) is 14.7. The Morgan fingerprint density at radius 3 is 2.35 bits per heavy atom. The van der Waals surface area contributed by atoms with E-state index in [0.29, 0.717) is 17.2 Å². The average molecular weight is 359 g/mol. The lowest BCUT2D eigenvalue weighted by atomic mass is 10.2. The third kappa shape index (κ3) is 6.01. The summed E-state index contributed by atoms with van der Waals surface area (Å²) >= 11 is 0. The van der Waals surface area contributed by atoms with Crippen LogP contribution in [0.5, 0.6) is 17.2 Å². The first kappa shape index (κ1) is 19.1. The van der Waals surface area contributed by atoms with E-state index in [0.717, 1.165) is 5.56 Å². The van der Waals surface area contributed by atoms with Crippen molar-refractivity contribution in [2.75, 3.05) is 27.4 Å². The smallest absolute Gasteiger partial charge is 0.344 e. The molecule has 0 radical (unpaired) electrons. The van der Waals surface area contributed by atoms with Gasteiger partial charge in [-0.3, -0.25) is 4.79 Å². The molecule has 0 unspecified atom stereocenters. The number of carbonyl (C=O) groups excluding carboxylic acids is 2. The molecule has 7 nitrogen and oxygen atoms in total. The van der Waals surface area contributed by atoms with Gasteiger partial charge in [-0.2, -0.15) is 0 Å². The van der Waals surface area contributed by atoms with E-state index in [2.05, 4.69) is 5.32 Å². The summed E-state index contributed by atoms with van der Waals surface area (Å²) in [6.45, 7) is -0.353. The Morgan fingerprint density at radius 1 is 0.923 bits per heavy atom. The minimum absolute atomic E-state index is 0.257. The normalized spacial score (nSPS) is 9.92. The fourth-order valence-electron chi connectivity index (χ4n) is 2.09. The van der Waals surface area contributed by atoms with Crippen molar-refractivity contribution in [1.82, 2.24) is 5.32 Å². The second-order valence-electron chi connectivity index (χ2n) is 5.23. The van der Waals surface area contributed by atoms with Crippen LogP contribution in [0.15, 0.2) is 48.5 Å². The lowest BCUT2D eigenvalue weighted by molar-refractivity contribution is -0.150. The predicted octanol–water partition coefficient (Wildman–Crippen LogP) is 1.94. The molecule has 138 valence electrons. The number of amides is 1. The molecule has 0 aliphatic rings. The Hall–Kier alpha value is -3.22. The molecular weight excluding hydrogens is 338 g/mol. The van der Waals surface area contributed by atoms with Crippen molar-refractivity contribution in [3.63, 3.8) is 0 Å². The van der Waals surface area contributed by atoms with Crippen LogP contribution in [-0.2, 0) is 20.9 Å². The van der Waals surface area contributed by atoms with Crippen molar-refractivity contribution < 1.29 is 28.5 Å². The SMILES string of the molecule is COc1ccc(CNC(=O)COC(=O)COc2ccccc2)cc1OC. The highest BCUT2D eigenvalue weighted by molar-refractivity contribution is 5.80. The van der Waals surface area contributed by atoms with Gasteiger partial charge >= 0.3 is 5.97 Å². The molecule has 2 aromatic carbocycles. The summed E-state index contributed by atoms with van der Waals surface area (Å²) in [5, 5.41) is 2.66. The number of hydrogen-bond acceptors (Lipinski definition) is 6. The van der Waals surface area contributed by atoms with E-state index in [9.17, 15) is 9.59 Å². The minimum Gasteiger partial charge on any atom is -0.493 e. The van der Waals surface area contributed by atoms with E-state index in [-0.39, 0.29) is 19.8 Å². The van der Waals surface area contributed by atoms with Gasteiger partial charge in [0.15, 0.2) is 24.7 Å². The van der Waals surface area contributed by atoms with E-state index < -0.39 is 11.9 Å². The van der Waals surface area contributed by atoms with Gasteiger partial charge in [-0.15, -0.1) is 0 Å². The van der Waals surface area contributed by atoms with Crippen LogP contribution in [0.3, 0.4) is 0 Å². The zero-order chi connectivity index (χ0) is 18.8. The summed E-state index contributed by atoms with van der Waals surface area (Å²) in [5.41, 5.74) is 0.828. The molecule has 0 bridgehead atoms. The van der Waals surface area contributed by atoms with Crippen molar-refractivity contribution in [2.45, 2.75) is 6.54 Å². The van der Waals surface area contributed by atoms with E-state index in [1.165, 1.54) is 7.11 Å². The van der Waals surface area contributed by atoms with E-state index in [1.807, 2.05) is 6.07 Å². The molecule has 7 heteroatoms. The van der Waals surface area contributed by atoms with Gasteiger partial charge in [0.25, 0.3) is 5.91 Å². The first-order valence-corrected chi connectivity index (χ1v) is 7.93. The van der Waals surface area contributed by atoms with Gasteiger partial charge in [0, 0.05) is 6.54 Å². The second-order valence-corrected chi connectivity index (χ2v) is 5.23. The standard InChI is InChI=1S/C19H21NO6/c1-23-16-9-8-14(10-17(16)24-2)11-20-18(21)12-26-19(22)13-25-15-6-4-3-5-7-15/h3-10H,11-13H2,1-2H3,(H,20,21). The first-order valence-electron chi connectivity index (χ1n) is 7.93. The Balaban J connectivity index is 1.71. The molecule has 0 spiro atoms. The van der Waals surface area contributed by atoms with Gasteiger partial charge in [0.1, 0.15) is 5.75 Å². The largest absolute Gasteiger partial charge is 0.493 e. The summed E-state index contributed by atoms with van der Waals surface area (Å²) in [6, 6.07) is 14.2. The highest BCUT2D eigenvalue weighted by atomic mass is 16.6. The molecular formula is C19H21NO6. The Kier molecular flexibility index (Phi) is 7.30. The van der Waals surface area contributed by atoms with Gasteiger partial charge in [-0.1, -0.05) is 24.3 Å². The number of para-hydroxylation sites is 1. The van der Waals surface area contributed by atoms with Crippen LogP contribution in [0.4, 0.5) is 0 Å². The van der Waals surface area contributed by atoms with Gasteiger partial charge in [-0.05, 0) is 29.8 Å². The number of esters is 1. The van der Waals surface area contributed by atoms with Crippen LogP contribution < -0.4 is 19.5 Å². The third-order valence-electron chi connectivity index (χ3n) is 3.40. The van der Waals surface area contributed by atoms with Crippen molar-refractivity contribution in [3.05, 3.63) is 54.1 Å². The maximum absolute atomic E-state index is 11.8. The molecule has 0 saturated carbocycles. The van der Waals surface area contributed by atoms with Gasteiger partial charge in [0.05, 0.1) is 14.2 Å². The fourth-order valence-corrected chi connectivity index (χ4v) is 2.09. The molecule has 0 fully saturated rings. The van der Waals surface area contributed by atoms with Gasteiger partial charge in [0.2, 0.25) is 0 Å². The van der Waals surface area contributed by atoms with E-state index >= 15 is 0 Å². The van der Waals surface area contributed by atoms with Crippen LogP contribution in [0.25, 0.3) is 0 Å². The average Bonchev–Trinajstić information content (AvgIpc) is 2.69. The summed E-state index contributed by atoms with van der Waals surface area (Å²) in [7, 11) is 3.09. The number of hydrogen-bond donors (Lipinski definition) is 1. The third-order valence-corrected chi connectivity index (χ3v) is 3.40. The maximum Gasteiger partial charge on any atom is 0.344 e. The van der Waals surface area contributed by atoms with Crippen LogP contribution in [0.2, 0.25) is 0 Å². The summed E-state index contributed by atoms with van der Waals surface area (Å²) in [4.78, 5) is 23.4. The topological polar surface area (TPSA) is 83.1 Å². The molecule has 0 saturated heterocycles. The number of benzene rings is 2. The van der Waals surface area contributed by atoms with Crippen LogP contribution in [0.1, 0.15) is 5.56 Å². The van der Waals surface area contributed by atoms with E-state index in [4.69, 9.17) is 18.9 Å². The number of carbonyl (C=O) groups is 2. The molecule has 1 N–H and O–H groups in total. The van der Waals surface area contributed by atoms with Crippen molar-refractivity contribution in [1.29, 1.82) is 0 Å². The second kappa shape index (κ2) is 9.93. The van der Waals surface area contributed by atoms with Crippen LogP contribution in [0, 0.1) is 0 Å². The van der Waals surface area contributed by atoms with Gasteiger partial charge in [-0.25, -0.2) is 4.79 Å². The lowest BCUT2D eigenvalue weighted by Crippen LogP contribution is -2.29. The zero-order valence-corrected chi connectivity index (χ0v) is 14.7. The summed E-state index contributed by atoms with van der Waals surface area (Å²) < 4.78 is 20.5. The molecule has 0 aromatic heterocycles. The number of methoxy groups -OCH3 is 2. The van der Waals surface area contributed by atoms with E-state index in [1.54, 1.807) is 49.6 Å². The van der Waals surface area contributed by atoms with Crippen LogP contribution in [-0.4, -0.2) is 39.3 Å². The molecule has 2 aromatic rings. The molecule has 26 heavy (non-hydrogen) atoms. The monoisotopic (exact) mass is 359 g/mol. The maximum atomic E-state index is 11.8. The predicted molar refractivity (Wildman–Crippen MR) is 94.3 cm³/mol. The first-order chi connectivity index (χ1) is 12.6. The Labute approximate surface area is 151 Å². The highest BCUT2D eigenvalue weighted by Crippen LogP contribution is 2.27. The molecule has 0 aliphatic carbocycles. The van der Waals surface area contributed by atoms with Gasteiger partial charge < -0.3 is 24.3 Å². The Bertz CT molecular complexity index is 732. The lowest BCUT2D eigenvalue weighted by Gasteiger charge is -2.10. The number of rotatable bonds is 9. The highest BCUT2D eigenvalue weighted by Gasteiger charge is 2.09. The molecule has 1 amide bonds. The van der Waals surface area contributed by atoms with Crippen molar-refractivity contribution >= 4 is 11.9 Å². The Morgan fingerprint density at radius 2 is 1.65 bits per heavy atom. The molecule has 2 rings (SSSR count). The number of nitrogens with one attached hydrogen (secondary N) is 1. The fraction of sp³-hybridized carbons (Fsp3) is 0.263. The molecule has 0 atom stereocenters. The van der Waals surface area contributed by atoms with Crippen LogP contribution >= 0.6 is 0 Å². The summed E-state index contributed by atoms with van der Waals surface area (Å²) in [6.07, 6.45) is 0. The quantitative estimate of drug-likeness (QED) is 0.689. The number of ether oxygens (including phenoxy) is 4.